The lowest BCUT2D eigenvalue weighted by Crippen LogP contribution is -2.27. The molecule has 0 bridgehead atoms. The number of hydrogen-bond donors (Lipinski definition) is 1. The molecule has 1 saturated carbocycles. The third-order valence-corrected chi connectivity index (χ3v) is 6.39. The number of aliphatic hydroxyl groups excluding tert-OH is 1. The Hall–Kier alpha value is -2.87. The van der Waals surface area contributed by atoms with Crippen molar-refractivity contribution in [1.29, 1.82) is 0 Å². The summed E-state index contributed by atoms with van der Waals surface area (Å²) in [6, 6.07) is 7.49. The zero-order chi connectivity index (χ0) is 24.7. The maximum atomic E-state index is 13.3. The van der Waals surface area contributed by atoms with Crippen molar-refractivity contribution in [2.24, 2.45) is 0 Å². The normalized spacial score (nSPS) is 20.0. The predicted molar refractivity (Wildman–Crippen MR) is 133 cm³/mol. The lowest BCUT2D eigenvalue weighted by Gasteiger charge is -2.23. The van der Waals surface area contributed by atoms with E-state index < -0.39 is 17.8 Å². The van der Waals surface area contributed by atoms with E-state index in [9.17, 15) is 14.7 Å². The summed E-state index contributed by atoms with van der Waals surface area (Å²) in [6.07, 6.45) is 5.98. The predicted octanol–water partition coefficient (Wildman–Crippen LogP) is 2.30. The SMILES string of the molecule is CCN(CCOC)c1ccc(C2C(=O)C(=C3C=CC(=[N+](CC)CCOC)C=C3)C(=O)C2O)cc1. The van der Waals surface area contributed by atoms with Crippen LogP contribution in [-0.4, -0.2) is 86.7 Å². The molecule has 182 valence electrons. The Morgan fingerprint density at radius 2 is 1.59 bits per heavy atom. The molecule has 1 fully saturated rings. The third kappa shape index (κ3) is 5.43. The monoisotopic (exact) mass is 467 g/mol. The van der Waals surface area contributed by atoms with Crippen molar-refractivity contribution in [2.45, 2.75) is 25.9 Å². The first-order valence-corrected chi connectivity index (χ1v) is 11.8. The molecule has 0 aliphatic heterocycles. The highest BCUT2D eigenvalue weighted by Gasteiger charge is 2.46. The van der Waals surface area contributed by atoms with E-state index in [1.807, 2.05) is 36.4 Å². The van der Waals surface area contributed by atoms with Gasteiger partial charge in [-0.3, -0.25) is 9.59 Å². The van der Waals surface area contributed by atoms with Gasteiger partial charge in [-0.05, 0) is 49.3 Å². The maximum Gasteiger partial charge on any atom is 0.199 e. The second kappa shape index (κ2) is 12.0. The van der Waals surface area contributed by atoms with Crippen LogP contribution in [0.3, 0.4) is 0 Å². The van der Waals surface area contributed by atoms with Crippen molar-refractivity contribution in [2.75, 3.05) is 58.5 Å². The number of benzene rings is 1. The number of rotatable bonds is 10. The molecule has 0 spiro atoms. The summed E-state index contributed by atoms with van der Waals surface area (Å²) in [5, 5.41) is 10.7. The summed E-state index contributed by atoms with van der Waals surface area (Å²) in [6.45, 7) is 8.49. The molecule has 0 aromatic heterocycles. The van der Waals surface area contributed by atoms with E-state index in [-0.39, 0.29) is 11.4 Å². The van der Waals surface area contributed by atoms with Crippen LogP contribution in [0, 0.1) is 0 Å². The highest BCUT2D eigenvalue weighted by Crippen LogP contribution is 2.36. The van der Waals surface area contributed by atoms with E-state index in [1.54, 1.807) is 26.4 Å². The van der Waals surface area contributed by atoms with E-state index in [0.717, 1.165) is 37.6 Å². The fourth-order valence-electron chi connectivity index (χ4n) is 4.41. The van der Waals surface area contributed by atoms with E-state index in [2.05, 4.69) is 23.3 Å². The van der Waals surface area contributed by atoms with Gasteiger partial charge in [0.25, 0.3) is 0 Å². The van der Waals surface area contributed by atoms with Gasteiger partial charge in [0.1, 0.15) is 19.3 Å². The van der Waals surface area contributed by atoms with Crippen LogP contribution in [0.5, 0.6) is 0 Å². The van der Waals surface area contributed by atoms with Gasteiger partial charge in [0, 0.05) is 45.1 Å². The van der Waals surface area contributed by atoms with Crippen LogP contribution in [0.4, 0.5) is 5.69 Å². The fraction of sp³-hybridized carbons (Fsp3) is 0.444. The Bertz CT molecular complexity index is 1000. The van der Waals surface area contributed by atoms with Gasteiger partial charge >= 0.3 is 0 Å². The van der Waals surface area contributed by atoms with E-state index in [4.69, 9.17) is 9.47 Å². The van der Waals surface area contributed by atoms with Crippen molar-refractivity contribution in [3.63, 3.8) is 0 Å². The molecule has 7 nitrogen and oxygen atoms in total. The molecule has 1 aromatic rings. The smallest absolute Gasteiger partial charge is 0.199 e. The largest absolute Gasteiger partial charge is 0.384 e. The number of carbonyl (C=O) groups is 2. The van der Waals surface area contributed by atoms with Gasteiger partial charge in [0.15, 0.2) is 23.8 Å². The van der Waals surface area contributed by atoms with Gasteiger partial charge in [0.05, 0.1) is 18.1 Å². The van der Waals surface area contributed by atoms with Crippen LogP contribution in [-0.2, 0) is 19.1 Å². The zero-order valence-corrected chi connectivity index (χ0v) is 20.5. The number of aliphatic hydroxyl groups is 1. The van der Waals surface area contributed by atoms with Gasteiger partial charge in [0.2, 0.25) is 0 Å². The Morgan fingerprint density at radius 3 is 2.15 bits per heavy atom. The summed E-state index contributed by atoms with van der Waals surface area (Å²) in [7, 11) is 3.34. The van der Waals surface area contributed by atoms with Crippen molar-refractivity contribution in [3.8, 4) is 0 Å². The molecule has 7 heteroatoms. The summed E-state index contributed by atoms with van der Waals surface area (Å²) >= 11 is 0. The molecule has 2 atom stereocenters. The first kappa shape index (κ1) is 25.7. The Balaban J connectivity index is 1.84. The molecule has 2 aliphatic carbocycles. The average molecular weight is 468 g/mol. The van der Waals surface area contributed by atoms with Crippen molar-refractivity contribution < 1.29 is 28.7 Å². The molecule has 3 rings (SSSR count). The van der Waals surface area contributed by atoms with Crippen LogP contribution in [0.1, 0.15) is 25.3 Å². The number of hydrogen-bond acceptors (Lipinski definition) is 6. The van der Waals surface area contributed by atoms with Crippen molar-refractivity contribution >= 4 is 23.0 Å². The zero-order valence-electron chi connectivity index (χ0n) is 20.5. The number of nitrogens with zero attached hydrogens (tertiary/aromatic N) is 2. The second-order valence-electron chi connectivity index (χ2n) is 8.31. The lowest BCUT2D eigenvalue weighted by molar-refractivity contribution is -0.525. The number of allylic oxidation sites excluding steroid dienone is 5. The Kier molecular flexibility index (Phi) is 9.10. The maximum absolute atomic E-state index is 13.3. The van der Waals surface area contributed by atoms with Gasteiger partial charge < -0.3 is 19.5 Å². The first-order chi connectivity index (χ1) is 16.5. The van der Waals surface area contributed by atoms with Gasteiger partial charge in [-0.2, -0.15) is 0 Å². The first-order valence-electron chi connectivity index (χ1n) is 11.8. The van der Waals surface area contributed by atoms with Crippen molar-refractivity contribution in [3.05, 3.63) is 65.3 Å². The Labute approximate surface area is 201 Å². The molecular formula is C27H35N2O5+. The lowest BCUT2D eigenvalue weighted by atomic mass is 9.93. The number of ketones is 2. The summed E-state index contributed by atoms with van der Waals surface area (Å²) in [5.41, 5.74) is 3.24. The van der Waals surface area contributed by atoms with Crippen LogP contribution in [0.2, 0.25) is 0 Å². The molecule has 34 heavy (non-hydrogen) atoms. The number of Topliss-reactive ketones (excluding diaryl/α,β-unsaturated/α-hetero) is 2. The fourth-order valence-corrected chi connectivity index (χ4v) is 4.41. The average Bonchev–Trinajstić information content (AvgIpc) is 3.08. The van der Waals surface area contributed by atoms with Crippen LogP contribution in [0.25, 0.3) is 0 Å². The minimum Gasteiger partial charge on any atom is -0.384 e. The van der Waals surface area contributed by atoms with E-state index >= 15 is 0 Å². The molecule has 1 N–H and O–H groups in total. The van der Waals surface area contributed by atoms with E-state index in [1.165, 1.54) is 0 Å². The highest BCUT2D eigenvalue weighted by molar-refractivity contribution is 6.31. The van der Waals surface area contributed by atoms with Crippen LogP contribution < -0.4 is 4.90 Å². The highest BCUT2D eigenvalue weighted by atomic mass is 16.5. The van der Waals surface area contributed by atoms with Gasteiger partial charge in [-0.1, -0.05) is 12.1 Å². The number of anilines is 1. The topological polar surface area (TPSA) is 79.1 Å². The van der Waals surface area contributed by atoms with Crippen LogP contribution >= 0.6 is 0 Å². The van der Waals surface area contributed by atoms with E-state index in [0.29, 0.717) is 24.4 Å². The number of likely N-dealkylation sites (N-methyl/N-ethyl adjacent to an activating group) is 2. The number of methoxy groups -OCH3 is 2. The summed E-state index contributed by atoms with van der Waals surface area (Å²) < 4.78 is 12.5. The quantitative estimate of drug-likeness (QED) is 0.323. The third-order valence-electron chi connectivity index (χ3n) is 6.39. The van der Waals surface area contributed by atoms with Gasteiger partial charge in [-0.15, -0.1) is 0 Å². The van der Waals surface area contributed by atoms with Crippen molar-refractivity contribution in [1.82, 2.24) is 0 Å². The standard InChI is InChI=1S/C27H35N2O5/c1-5-28(15-17-33-3)21-11-7-19(8-12-21)23-25(30)24(27(32)26(23)31)20-9-13-22(14-10-20)29(6-2)16-18-34-4/h7-14,23,26,31H,5-6,15-18H2,1-4H3/q+1. The summed E-state index contributed by atoms with van der Waals surface area (Å²) in [4.78, 5) is 28.4. The van der Waals surface area contributed by atoms with Crippen LogP contribution in [0.15, 0.2) is 59.7 Å². The molecule has 0 amide bonds. The molecule has 1 aromatic carbocycles. The molecule has 0 radical (unpaired) electrons. The minimum atomic E-state index is -1.38. The van der Waals surface area contributed by atoms with Gasteiger partial charge in [-0.25, -0.2) is 4.58 Å². The molecular weight excluding hydrogens is 432 g/mol. The molecule has 2 unspecified atom stereocenters. The molecule has 2 aliphatic rings. The Morgan fingerprint density at radius 1 is 0.941 bits per heavy atom. The molecule has 0 heterocycles. The number of carbonyl (C=O) groups excluding carboxylic acids is 2. The number of ether oxygens (including phenoxy) is 2. The second-order valence-corrected chi connectivity index (χ2v) is 8.31. The summed E-state index contributed by atoms with van der Waals surface area (Å²) in [5.74, 6) is -1.75. The minimum absolute atomic E-state index is 0.0725. The molecule has 0 saturated heterocycles.